The summed E-state index contributed by atoms with van der Waals surface area (Å²) in [7, 11) is 0. The van der Waals surface area contributed by atoms with Crippen molar-refractivity contribution in [1.29, 1.82) is 0 Å². The Morgan fingerprint density at radius 1 is 1.78 bits per heavy atom. The molecule has 1 heteroatoms. The van der Waals surface area contributed by atoms with E-state index in [1.54, 1.807) is 4.47 Å². The maximum atomic E-state index is 3.68. The third-order valence-corrected chi connectivity index (χ3v) is 2.64. The first-order valence-corrected chi connectivity index (χ1v) is 4.41. The van der Waals surface area contributed by atoms with Crippen LogP contribution in [0.3, 0.4) is 0 Å². The summed E-state index contributed by atoms with van der Waals surface area (Å²) in [5.74, 6) is 0. The van der Waals surface area contributed by atoms with Crippen molar-refractivity contribution in [3.8, 4) is 0 Å². The third kappa shape index (κ3) is 2.21. The van der Waals surface area contributed by atoms with Crippen molar-refractivity contribution in [1.82, 2.24) is 0 Å². The van der Waals surface area contributed by atoms with Crippen molar-refractivity contribution < 1.29 is 15.0 Å². The first-order valence-electron chi connectivity index (χ1n) is 2.99. The number of allylic oxidation sites excluding steroid dienone is 5. The molecule has 0 fully saturated rings. The van der Waals surface area contributed by atoms with E-state index in [4.69, 9.17) is 0 Å². The van der Waals surface area contributed by atoms with Crippen LogP contribution in [-0.2, 0) is 15.0 Å². The molecule has 0 radical (unpaired) electrons. The van der Waals surface area contributed by atoms with Crippen molar-refractivity contribution in [3.63, 3.8) is 0 Å². The maximum absolute atomic E-state index is 3.68. The van der Waals surface area contributed by atoms with E-state index in [0.29, 0.717) is 0 Å². The molecule has 0 bridgehead atoms. The molecule has 0 N–H and O–H groups in total. The first-order chi connectivity index (χ1) is 4.43. The van der Waals surface area contributed by atoms with E-state index < -0.39 is 0 Å². The Morgan fingerprint density at radius 2 is 2.67 bits per heavy atom. The fourth-order valence-electron chi connectivity index (χ4n) is 0.674. The van der Waals surface area contributed by atoms with Crippen LogP contribution in [0.5, 0.6) is 0 Å². The van der Waals surface area contributed by atoms with Crippen LogP contribution in [0, 0.1) is 0 Å². The molecule has 0 heterocycles. The molecule has 0 spiro atoms. The minimum atomic E-state index is 0.938. The van der Waals surface area contributed by atoms with Crippen molar-refractivity contribution >= 4 is 0 Å². The molecular weight excluding hydrogens is 151 g/mol. The molecular formula is C8H10Mn. The minimum absolute atomic E-state index is 0.938. The van der Waals surface area contributed by atoms with Gasteiger partial charge >= 0.3 is 62.1 Å². The molecule has 1 aliphatic carbocycles. The van der Waals surface area contributed by atoms with Crippen LogP contribution in [0.25, 0.3) is 0 Å². The molecule has 1 rings (SSSR count). The fraction of sp³-hybridized carbons (Fsp3) is 0.250. The van der Waals surface area contributed by atoms with Crippen LogP contribution < -0.4 is 0 Å². The van der Waals surface area contributed by atoms with Crippen LogP contribution in [0.1, 0.15) is 6.42 Å². The fourth-order valence-corrected chi connectivity index (χ4v) is 1.72. The molecule has 49 valence electrons. The molecule has 0 aromatic rings. The molecule has 0 aromatic heterocycles. The van der Waals surface area contributed by atoms with Crippen LogP contribution in [0.4, 0.5) is 0 Å². The summed E-state index contributed by atoms with van der Waals surface area (Å²) in [5.41, 5.74) is 0. The quantitative estimate of drug-likeness (QED) is 0.440. The van der Waals surface area contributed by atoms with Crippen molar-refractivity contribution in [3.05, 3.63) is 35.4 Å². The molecule has 0 saturated carbocycles. The second-order valence-corrected chi connectivity index (χ2v) is 3.48. The SMILES string of the molecule is C=C[CH2][Mn][C]1=CC=CC1. The summed E-state index contributed by atoms with van der Waals surface area (Å²) in [6.07, 6.45) is 9.70. The van der Waals surface area contributed by atoms with E-state index in [1.807, 2.05) is 6.08 Å². The van der Waals surface area contributed by atoms with Gasteiger partial charge in [-0.3, -0.25) is 0 Å². The van der Waals surface area contributed by atoms with E-state index >= 15 is 0 Å². The van der Waals surface area contributed by atoms with E-state index in [2.05, 4.69) is 24.8 Å². The van der Waals surface area contributed by atoms with Gasteiger partial charge in [-0.15, -0.1) is 0 Å². The third-order valence-electron chi connectivity index (χ3n) is 1.08. The second-order valence-electron chi connectivity index (χ2n) is 1.82. The standard InChI is InChI=1S/C5H5.C3H5.Mn/c1-2-4-5-3-1;1-3-2;/h1-3H,4H2;3H,1-2H2;. The summed E-state index contributed by atoms with van der Waals surface area (Å²) >= 11 is 0.938. The second kappa shape index (κ2) is 3.71. The molecule has 0 amide bonds. The van der Waals surface area contributed by atoms with E-state index in [0.717, 1.165) is 20.3 Å². The molecule has 9 heavy (non-hydrogen) atoms. The van der Waals surface area contributed by atoms with Gasteiger partial charge in [-0.05, 0) is 0 Å². The zero-order chi connectivity index (χ0) is 6.53. The molecule has 0 atom stereocenters. The van der Waals surface area contributed by atoms with E-state index in [-0.39, 0.29) is 0 Å². The van der Waals surface area contributed by atoms with Gasteiger partial charge in [0.25, 0.3) is 0 Å². The molecule has 0 nitrogen and oxygen atoms in total. The Bertz CT molecular complexity index is 154. The average Bonchev–Trinajstić information content (AvgIpc) is 2.34. The Balaban J connectivity index is 2.21. The van der Waals surface area contributed by atoms with Crippen LogP contribution >= 0.6 is 0 Å². The van der Waals surface area contributed by atoms with Gasteiger partial charge in [0.2, 0.25) is 0 Å². The van der Waals surface area contributed by atoms with Crippen molar-refractivity contribution in [2.24, 2.45) is 0 Å². The topological polar surface area (TPSA) is 0 Å². The number of hydrogen-bond donors (Lipinski definition) is 0. The average molecular weight is 161 g/mol. The zero-order valence-electron chi connectivity index (χ0n) is 5.31. The van der Waals surface area contributed by atoms with Gasteiger partial charge in [-0.1, -0.05) is 0 Å². The van der Waals surface area contributed by atoms with Gasteiger partial charge in [0.15, 0.2) is 0 Å². The van der Waals surface area contributed by atoms with Crippen LogP contribution in [0.2, 0.25) is 5.32 Å². The summed E-state index contributed by atoms with van der Waals surface area (Å²) in [4.78, 5) is 0. The van der Waals surface area contributed by atoms with Gasteiger partial charge in [-0.25, -0.2) is 0 Å². The summed E-state index contributed by atoms with van der Waals surface area (Å²) in [5, 5.41) is 1.15. The van der Waals surface area contributed by atoms with Crippen molar-refractivity contribution in [2.75, 3.05) is 0 Å². The van der Waals surface area contributed by atoms with Crippen LogP contribution in [-0.4, -0.2) is 0 Å². The van der Waals surface area contributed by atoms with E-state index in [9.17, 15) is 0 Å². The molecule has 1 aliphatic rings. The zero-order valence-corrected chi connectivity index (χ0v) is 6.49. The Hall–Kier alpha value is -0.261. The normalized spacial score (nSPS) is 15.8. The predicted octanol–water partition coefficient (Wildman–Crippen LogP) is 2.52. The Morgan fingerprint density at radius 3 is 3.22 bits per heavy atom. The summed E-state index contributed by atoms with van der Waals surface area (Å²) in [6.45, 7) is 3.68. The van der Waals surface area contributed by atoms with Gasteiger partial charge < -0.3 is 0 Å². The number of rotatable bonds is 3. The summed E-state index contributed by atoms with van der Waals surface area (Å²) in [6, 6.07) is 0. The van der Waals surface area contributed by atoms with Crippen LogP contribution in [0.15, 0.2) is 35.4 Å². The Kier molecular flexibility index (Phi) is 2.82. The van der Waals surface area contributed by atoms with Gasteiger partial charge in [0.1, 0.15) is 0 Å². The summed E-state index contributed by atoms with van der Waals surface area (Å²) < 4.78 is 1.57. The van der Waals surface area contributed by atoms with E-state index in [1.165, 1.54) is 6.42 Å². The van der Waals surface area contributed by atoms with Gasteiger partial charge in [-0.2, -0.15) is 0 Å². The molecule has 0 aliphatic heterocycles. The Labute approximate surface area is 62.5 Å². The monoisotopic (exact) mass is 161 g/mol. The molecule has 0 unspecified atom stereocenters. The van der Waals surface area contributed by atoms with Gasteiger partial charge in [0, 0.05) is 0 Å². The number of hydrogen-bond acceptors (Lipinski definition) is 0. The predicted molar refractivity (Wildman–Crippen MR) is 36.8 cm³/mol. The van der Waals surface area contributed by atoms with Crippen molar-refractivity contribution in [2.45, 2.75) is 11.7 Å². The molecule has 0 saturated heterocycles. The molecule has 0 aromatic carbocycles. The van der Waals surface area contributed by atoms with Gasteiger partial charge in [0.05, 0.1) is 0 Å². The first kappa shape index (κ1) is 6.85.